The van der Waals surface area contributed by atoms with Crippen LogP contribution in [0.4, 0.5) is 0 Å². The molecule has 1 N–H and O–H groups in total. The van der Waals surface area contributed by atoms with Crippen LogP contribution >= 0.6 is 22.9 Å². The van der Waals surface area contributed by atoms with Crippen LogP contribution < -0.4 is 5.32 Å². The third kappa shape index (κ3) is 5.66. The van der Waals surface area contributed by atoms with Crippen molar-refractivity contribution in [2.45, 2.75) is 64.5 Å². The fourth-order valence-electron chi connectivity index (χ4n) is 3.37. The molecule has 146 valence electrons. The molecule has 27 heavy (non-hydrogen) atoms. The van der Waals surface area contributed by atoms with Crippen molar-refractivity contribution in [2.24, 2.45) is 5.92 Å². The number of carbonyl (C=O) groups is 2. The standard InChI is InChI=1S/C20H25ClN2O3S/c1-20(2,3)26-17(24)10-12-4-7-14(8-5-12)22-18(25)19-23-15-9-6-13(21)11-16(15)27-19/h6,9,11-12,14H,4-5,7-8,10H2,1-3H3,(H,22,25). The van der Waals surface area contributed by atoms with Gasteiger partial charge in [0.15, 0.2) is 5.01 Å². The van der Waals surface area contributed by atoms with Gasteiger partial charge >= 0.3 is 5.97 Å². The van der Waals surface area contributed by atoms with Crippen LogP contribution in [0, 0.1) is 5.92 Å². The Hall–Kier alpha value is -1.66. The predicted octanol–water partition coefficient (Wildman–Crippen LogP) is 4.97. The second kappa shape index (κ2) is 8.15. The fourth-order valence-corrected chi connectivity index (χ4v) is 4.52. The zero-order valence-electron chi connectivity index (χ0n) is 15.9. The van der Waals surface area contributed by atoms with E-state index in [1.807, 2.05) is 32.9 Å². The van der Waals surface area contributed by atoms with Gasteiger partial charge in [0.25, 0.3) is 5.91 Å². The second-order valence-corrected chi connectivity index (χ2v) is 9.58. The predicted molar refractivity (Wildman–Crippen MR) is 108 cm³/mol. The summed E-state index contributed by atoms with van der Waals surface area (Å²) in [7, 11) is 0. The van der Waals surface area contributed by atoms with Gasteiger partial charge in [0, 0.05) is 17.5 Å². The number of hydrogen-bond acceptors (Lipinski definition) is 5. The summed E-state index contributed by atoms with van der Waals surface area (Å²) < 4.78 is 6.31. The molecule has 1 aliphatic rings. The second-order valence-electron chi connectivity index (χ2n) is 8.11. The Bertz CT molecular complexity index is 835. The highest BCUT2D eigenvalue weighted by molar-refractivity contribution is 7.20. The van der Waals surface area contributed by atoms with E-state index >= 15 is 0 Å². The maximum absolute atomic E-state index is 12.5. The minimum atomic E-state index is -0.441. The van der Waals surface area contributed by atoms with Crippen molar-refractivity contribution in [3.05, 3.63) is 28.2 Å². The molecule has 0 unspecified atom stereocenters. The Morgan fingerprint density at radius 2 is 1.96 bits per heavy atom. The van der Waals surface area contributed by atoms with Gasteiger partial charge in [-0.05, 0) is 70.6 Å². The van der Waals surface area contributed by atoms with E-state index in [0.717, 1.165) is 35.9 Å². The number of esters is 1. The molecule has 1 fully saturated rings. The molecule has 0 bridgehead atoms. The highest BCUT2D eigenvalue weighted by atomic mass is 35.5. The Kier molecular flexibility index (Phi) is 6.06. The molecule has 3 rings (SSSR count). The molecule has 1 heterocycles. The van der Waals surface area contributed by atoms with Crippen molar-refractivity contribution in [1.29, 1.82) is 0 Å². The Labute approximate surface area is 168 Å². The number of hydrogen-bond donors (Lipinski definition) is 1. The van der Waals surface area contributed by atoms with Crippen LogP contribution in [-0.2, 0) is 9.53 Å². The zero-order valence-corrected chi connectivity index (χ0v) is 17.5. The van der Waals surface area contributed by atoms with Gasteiger partial charge in [0.2, 0.25) is 0 Å². The van der Waals surface area contributed by atoms with Crippen molar-refractivity contribution in [3.63, 3.8) is 0 Å². The van der Waals surface area contributed by atoms with E-state index in [-0.39, 0.29) is 17.9 Å². The molecule has 0 radical (unpaired) electrons. The van der Waals surface area contributed by atoms with Crippen molar-refractivity contribution in [2.75, 3.05) is 0 Å². The molecule has 1 saturated carbocycles. The van der Waals surface area contributed by atoms with Crippen molar-refractivity contribution < 1.29 is 14.3 Å². The van der Waals surface area contributed by atoms with E-state index < -0.39 is 5.60 Å². The molecule has 0 saturated heterocycles. The molecule has 1 aromatic carbocycles. The Balaban J connectivity index is 1.49. The number of nitrogens with zero attached hydrogens (tertiary/aromatic N) is 1. The summed E-state index contributed by atoms with van der Waals surface area (Å²) in [6.45, 7) is 5.65. The van der Waals surface area contributed by atoms with Gasteiger partial charge in [-0.25, -0.2) is 4.98 Å². The van der Waals surface area contributed by atoms with Crippen LogP contribution in [0.1, 0.15) is 62.7 Å². The third-order valence-electron chi connectivity index (χ3n) is 4.60. The average molecular weight is 409 g/mol. The molecule has 2 aromatic rings. The van der Waals surface area contributed by atoms with E-state index in [1.54, 1.807) is 6.07 Å². The van der Waals surface area contributed by atoms with E-state index in [9.17, 15) is 9.59 Å². The minimum absolute atomic E-state index is 0.128. The number of fused-ring (bicyclic) bond motifs is 1. The highest BCUT2D eigenvalue weighted by Gasteiger charge is 2.27. The normalized spacial score (nSPS) is 20.4. The first kappa shape index (κ1) is 20.1. The lowest BCUT2D eigenvalue weighted by Gasteiger charge is -2.29. The molecule has 1 aliphatic carbocycles. The maximum atomic E-state index is 12.5. The molecule has 0 spiro atoms. The molecule has 5 nitrogen and oxygen atoms in total. The first-order chi connectivity index (χ1) is 12.7. The van der Waals surface area contributed by atoms with Crippen LogP contribution in [-0.4, -0.2) is 28.5 Å². The van der Waals surface area contributed by atoms with Crippen LogP contribution in [0.3, 0.4) is 0 Å². The first-order valence-electron chi connectivity index (χ1n) is 9.28. The monoisotopic (exact) mass is 408 g/mol. The maximum Gasteiger partial charge on any atom is 0.306 e. The molecular formula is C20H25ClN2O3S. The van der Waals surface area contributed by atoms with Gasteiger partial charge in [0.05, 0.1) is 10.2 Å². The number of nitrogens with one attached hydrogen (secondary N) is 1. The van der Waals surface area contributed by atoms with Crippen molar-refractivity contribution in [1.82, 2.24) is 10.3 Å². The lowest BCUT2D eigenvalue weighted by Crippen LogP contribution is -2.38. The largest absolute Gasteiger partial charge is 0.460 e. The van der Waals surface area contributed by atoms with Crippen LogP contribution in [0.5, 0.6) is 0 Å². The number of carbonyl (C=O) groups excluding carboxylic acids is 2. The Morgan fingerprint density at radius 1 is 1.26 bits per heavy atom. The summed E-state index contributed by atoms with van der Waals surface area (Å²) in [5, 5.41) is 4.18. The SMILES string of the molecule is CC(C)(C)OC(=O)CC1CCC(NC(=O)c2nc3ccc(Cl)cc3s2)CC1. The highest BCUT2D eigenvalue weighted by Crippen LogP contribution is 2.29. The van der Waals surface area contributed by atoms with Crippen LogP contribution in [0.25, 0.3) is 10.2 Å². The quantitative estimate of drug-likeness (QED) is 0.725. The zero-order chi connectivity index (χ0) is 19.6. The fraction of sp³-hybridized carbons (Fsp3) is 0.550. The number of thiazole rings is 1. The average Bonchev–Trinajstić information content (AvgIpc) is 2.98. The van der Waals surface area contributed by atoms with Crippen molar-refractivity contribution >= 4 is 45.0 Å². The number of benzene rings is 1. The summed E-state index contributed by atoms with van der Waals surface area (Å²) >= 11 is 7.35. The summed E-state index contributed by atoms with van der Waals surface area (Å²) in [6.07, 6.45) is 4.03. The van der Waals surface area contributed by atoms with Gasteiger partial charge in [0.1, 0.15) is 5.60 Å². The third-order valence-corrected chi connectivity index (χ3v) is 5.85. The molecule has 1 amide bonds. The number of halogens is 1. The van der Waals surface area contributed by atoms with E-state index in [4.69, 9.17) is 16.3 Å². The number of amides is 1. The van der Waals surface area contributed by atoms with Crippen LogP contribution in [0.2, 0.25) is 5.02 Å². The van der Waals surface area contributed by atoms with E-state index in [2.05, 4.69) is 10.3 Å². The summed E-state index contributed by atoms with van der Waals surface area (Å²) in [5.74, 6) is 0.0589. The lowest BCUT2D eigenvalue weighted by atomic mass is 9.84. The lowest BCUT2D eigenvalue weighted by molar-refractivity contribution is -0.156. The van der Waals surface area contributed by atoms with Gasteiger partial charge < -0.3 is 10.1 Å². The molecule has 7 heteroatoms. The van der Waals surface area contributed by atoms with E-state index in [0.29, 0.717) is 22.4 Å². The molecule has 1 aromatic heterocycles. The summed E-state index contributed by atoms with van der Waals surface area (Å²) in [5.41, 5.74) is 0.347. The summed E-state index contributed by atoms with van der Waals surface area (Å²) in [4.78, 5) is 28.9. The topological polar surface area (TPSA) is 68.3 Å². The molecule has 0 atom stereocenters. The minimum Gasteiger partial charge on any atom is -0.460 e. The smallest absolute Gasteiger partial charge is 0.306 e. The Morgan fingerprint density at radius 3 is 2.63 bits per heavy atom. The van der Waals surface area contributed by atoms with Crippen LogP contribution in [0.15, 0.2) is 18.2 Å². The molecule has 0 aliphatic heterocycles. The molecular weight excluding hydrogens is 384 g/mol. The van der Waals surface area contributed by atoms with Gasteiger partial charge in [-0.3, -0.25) is 9.59 Å². The van der Waals surface area contributed by atoms with Gasteiger partial charge in [-0.15, -0.1) is 11.3 Å². The van der Waals surface area contributed by atoms with Crippen molar-refractivity contribution in [3.8, 4) is 0 Å². The number of aromatic nitrogens is 1. The van der Waals surface area contributed by atoms with E-state index in [1.165, 1.54) is 11.3 Å². The van der Waals surface area contributed by atoms with Gasteiger partial charge in [-0.2, -0.15) is 0 Å². The number of ether oxygens (including phenoxy) is 1. The number of rotatable bonds is 4. The first-order valence-corrected chi connectivity index (χ1v) is 10.5. The summed E-state index contributed by atoms with van der Waals surface area (Å²) in [6, 6.07) is 5.56. The van der Waals surface area contributed by atoms with Gasteiger partial charge in [-0.1, -0.05) is 11.6 Å².